The molecule has 2 rings (SSSR count). The van der Waals surface area contributed by atoms with E-state index in [0.29, 0.717) is 16.6 Å². The van der Waals surface area contributed by atoms with Crippen LogP contribution in [-0.2, 0) is 0 Å². The van der Waals surface area contributed by atoms with Gasteiger partial charge < -0.3 is 0 Å². The molecule has 0 spiro atoms. The van der Waals surface area contributed by atoms with Gasteiger partial charge in [-0.2, -0.15) is 0 Å². The van der Waals surface area contributed by atoms with E-state index in [1.807, 2.05) is 0 Å². The van der Waals surface area contributed by atoms with E-state index in [-0.39, 0.29) is 11.7 Å². The summed E-state index contributed by atoms with van der Waals surface area (Å²) in [5, 5.41) is 5.22. The number of hydrogen-bond acceptors (Lipinski definition) is 2. The summed E-state index contributed by atoms with van der Waals surface area (Å²) in [5.41, 5.74) is -0.110. The first-order valence-electron chi connectivity index (χ1n) is 5.00. The average Bonchev–Trinajstić information content (AvgIpc) is 2.62. The molecule has 0 radical (unpaired) electrons. The Morgan fingerprint density at radius 1 is 1.36 bits per heavy atom. The molecular formula is C9H15N3OS. The molecular weight excluding hydrogens is 198 g/mol. The Morgan fingerprint density at radius 3 is 2.50 bits per heavy atom. The van der Waals surface area contributed by atoms with E-state index in [1.54, 1.807) is 4.57 Å². The highest BCUT2D eigenvalue weighted by atomic mass is 32.1. The molecule has 1 aromatic heterocycles. The molecule has 78 valence electrons. The van der Waals surface area contributed by atoms with Gasteiger partial charge in [0.2, 0.25) is 0 Å². The van der Waals surface area contributed by atoms with Crippen molar-refractivity contribution < 1.29 is 0 Å². The fraction of sp³-hybridized carbons (Fsp3) is 0.778. The number of H-pyrrole nitrogens is 2. The Kier molecular flexibility index (Phi) is 2.34. The van der Waals surface area contributed by atoms with E-state index in [1.165, 1.54) is 6.42 Å². The molecule has 3 atom stereocenters. The first kappa shape index (κ1) is 9.71. The van der Waals surface area contributed by atoms with Gasteiger partial charge in [0, 0.05) is 6.04 Å². The van der Waals surface area contributed by atoms with Crippen LogP contribution in [0.2, 0.25) is 0 Å². The zero-order chi connectivity index (χ0) is 10.3. The second-order valence-electron chi connectivity index (χ2n) is 4.21. The van der Waals surface area contributed by atoms with Gasteiger partial charge in [-0.05, 0) is 36.9 Å². The summed E-state index contributed by atoms with van der Waals surface area (Å²) in [5.74, 6) is 1.20. The molecule has 1 saturated carbocycles. The predicted octanol–water partition coefficient (Wildman–Crippen LogP) is 1.84. The molecule has 1 heterocycles. The lowest BCUT2D eigenvalue weighted by Crippen LogP contribution is -2.25. The van der Waals surface area contributed by atoms with Crippen LogP contribution in [0.5, 0.6) is 0 Å². The number of hydrogen-bond donors (Lipinski definition) is 2. The van der Waals surface area contributed by atoms with Crippen LogP contribution in [0.3, 0.4) is 0 Å². The van der Waals surface area contributed by atoms with Crippen molar-refractivity contribution in [1.82, 2.24) is 14.8 Å². The molecule has 1 aliphatic rings. The molecule has 1 fully saturated rings. The molecule has 1 aliphatic carbocycles. The molecule has 0 saturated heterocycles. The minimum Gasteiger partial charge on any atom is -0.272 e. The van der Waals surface area contributed by atoms with Crippen molar-refractivity contribution in [3.8, 4) is 0 Å². The predicted molar refractivity (Wildman–Crippen MR) is 56.8 cm³/mol. The zero-order valence-corrected chi connectivity index (χ0v) is 9.23. The van der Waals surface area contributed by atoms with Crippen LogP contribution in [0.15, 0.2) is 4.79 Å². The summed E-state index contributed by atoms with van der Waals surface area (Å²) in [6.07, 6.45) is 2.23. The number of aromatic nitrogens is 3. The molecule has 0 aliphatic heterocycles. The van der Waals surface area contributed by atoms with Gasteiger partial charge in [-0.25, -0.2) is 9.89 Å². The van der Waals surface area contributed by atoms with E-state index in [2.05, 4.69) is 24.0 Å². The fourth-order valence-corrected chi connectivity index (χ4v) is 2.59. The van der Waals surface area contributed by atoms with Gasteiger partial charge >= 0.3 is 5.69 Å². The van der Waals surface area contributed by atoms with E-state index >= 15 is 0 Å². The van der Waals surface area contributed by atoms with Gasteiger partial charge in [-0.1, -0.05) is 13.8 Å². The summed E-state index contributed by atoms with van der Waals surface area (Å²) < 4.78 is 2.20. The van der Waals surface area contributed by atoms with Crippen LogP contribution in [0, 0.1) is 16.6 Å². The number of nitrogens with zero attached hydrogens (tertiary/aromatic N) is 1. The minimum absolute atomic E-state index is 0.110. The van der Waals surface area contributed by atoms with Crippen molar-refractivity contribution in [1.29, 1.82) is 0 Å². The smallest absolute Gasteiger partial charge is 0.272 e. The average molecular weight is 213 g/mol. The molecule has 1 aromatic rings. The van der Waals surface area contributed by atoms with Crippen molar-refractivity contribution in [3.05, 3.63) is 15.3 Å². The molecule has 0 aromatic carbocycles. The normalized spacial score (nSPS) is 32.3. The zero-order valence-electron chi connectivity index (χ0n) is 8.41. The number of rotatable bonds is 1. The third-order valence-corrected chi connectivity index (χ3v) is 3.77. The Balaban J connectivity index is 2.42. The standard InChI is InChI=1S/C9H15N3OS/c1-5-3-4-7(6(5)2)12-8(13)10-11-9(12)14/h5-7H,3-4H2,1-2H3,(H,10,13)(H,11,14). The van der Waals surface area contributed by atoms with E-state index in [9.17, 15) is 4.79 Å². The van der Waals surface area contributed by atoms with E-state index in [0.717, 1.165) is 6.42 Å². The first-order chi connectivity index (χ1) is 6.61. The lowest BCUT2D eigenvalue weighted by molar-refractivity contribution is 0.344. The van der Waals surface area contributed by atoms with Crippen molar-refractivity contribution >= 4 is 12.2 Å². The second-order valence-corrected chi connectivity index (χ2v) is 4.60. The molecule has 14 heavy (non-hydrogen) atoms. The van der Waals surface area contributed by atoms with Crippen LogP contribution in [0.25, 0.3) is 0 Å². The van der Waals surface area contributed by atoms with Gasteiger partial charge in [-0.3, -0.25) is 9.67 Å². The SMILES string of the molecule is CC1CCC(n2c(=O)[nH][nH]c2=S)C1C. The van der Waals surface area contributed by atoms with E-state index in [4.69, 9.17) is 12.2 Å². The Bertz CT molecular complexity index is 402. The van der Waals surface area contributed by atoms with Crippen molar-refractivity contribution in [3.63, 3.8) is 0 Å². The van der Waals surface area contributed by atoms with Gasteiger partial charge in [0.1, 0.15) is 0 Å². The van der Waals surface area contributed by atoms with Crippen LogP contribution >= 0.6 is 12.2 Å². The van der Waals surface area contributed by atoms with Crippen molar-refractivity contribution in [2.45, 2.75) is 32.7 Å². The van der Waals surface area contributed by atoms with E-state index < -0.39 is 0 Å². The summed E-state index contributed by atoms with van der Waals surface area (Å²) in [6, 6.07) is 0.271. The summed E-state index contributed by atoms with van der Waals surface area (Å²) >= 11 is 5.08. The Morgan fingerprint density at radius 2 is 2.07 bits per heavy atom. The summed E-state index contributed by atoms with van der Waals surface area (Å²) in [6.45, 7) is 4.42. The molecule has 4 nitrogen and oxygen atoms in total. The Hall–Kier alpha value is -0.840. The van der Waals surface area contributed by atoms with Crippen LogP contribution in [-0.4, -0.2) is 14.8 Å². The second kappa shape index (κ2) is 3.38. The van der Waals surface area contributed by atoms with Gasteiger partial charge in [0.25, 0.3) is 0 Å². The molecule has 0 amide bonds. The van der Waals surface area contributed by atoms with Crippen molar-refractivity contribution in [2.75, 3.05) is 0 Å². The summed E-state index contributed by atoms with van der Waals surface area (Å²) in [7, 11) is 0. The maximum absolute atomic E-state index is 11.5. The van der Waals surface area contributed by atoms with Crippen molar-refractivity contribution in [2.24, 2.45) is 11.8 Å². The minimum atomic E-state index is -0.110. The topological polar surface area (TPSA) is 53.6 Å². The highest BCUT2D eigenvalue weighted by molar-refractivity contribution is 7.71. The Labute approximate surface area is 87.3 Å². The third kappa shape index (κ3) is 1.35. The summed E-state index contributed by atoms with van der Waals surface area (Å²) in [4.78, 5) is 11.5. The monoisotopic (exact) mass is 213 g/mol. The molecule has 5 heteroatoms. The van der Waals surface area contributed by atoms with Crippen LogP contribution in [0.1, 0.15) is 32.7 Å². The number of aromatic amines is 2. The maximum Gasteiger partial charge on any atom is 0.342 e. The molecule has 2 N–H and O–H groups in total. The van der Waals surface area contributed by atoms with Gasteiger partial charge in [0.05, 0.1) is 0 Å². The largest absolute Gasteiger partial charge is 0.342 e. The maximum atomic E-state index is 11.5. The molecule has 3 unspecified atom stereocenters. The van der Waals surface area contributed by atoms with Crippen LogP contribution in [0.4, 0.5) is 0 Å². The third-order valence-electron chi connectivity index (χ3n) is 3.47. The lowest BCUT2D eigenvalue weighted by Gasteiger charge is -2.17. The lowest BCUT2D eigenvalue weighted by atomic mass is 9.98. The highest BCUT2D eigenvalue weighted by Crippen LogP contribution is 2.38. The molecule has 0 bridgehead atoms. The van der Waals surface area contributed by atoms with Crippen LogP contribution < -0.4 is 5.69 Å². The fourth-order valence-electron chi connectivity index (χ4n) is 2.32. The first-order valence-corrected chi connectivity index (χ1v) is 5.41. The highest BCUT2D eigenvalue weighted by Gasteiger charge is 2.32. The number of nitrogens with one attached hydrogen (secondary N) is 2. The van der Waals surface area contributed by atoms with Gasteiger partial charge in [-0.15, -0.1) is 0 Å². The van der Waals surface area contributed by atoms with Gasteiger partial charge in [0.15, 0.2) is 4.77 Å². The quantitative estimate of drug-likeness (QED) is 0.699.